The van der Waals surface area contributed by atoms with Gasteiger partial charge < -0.3 is 20.4 Å². The Labute approximate surface area is 258 Å². The molecule has 7 heteroatoms. The lowest BCUT2D eigenvalue weighted by molar-refractivity contribution is -0.385. The second-order valence-electron chi connectivity index (χ2n) is 14.3. The molecule has 0 atom stereocenters. The largest absolute Gasteiger partial charge is 0.507 e. The molecule has 0 saturated carbocycles. The molecule has 0 spiro atoms. The fourth-order valence-corrected chi connectivity index (χ4v) is 6.07. The lowest BCUT2D eigenvalue weighted by Gasteiger charge is -2.24. The van der Waals surface area contributed by atoms with Gasteiger partial charge in [-0.1, -0.05) is 83.5 Å². The van der Waals surface area contributed by atoms with Crippen LogP contribution in [0.15, 0.2) is 48.5 Å². The van der Waals surface area contributed by atoms with Crippen LogP contribution in [0.3, 0.4) is 0 Å². The predicted octanol–water partition coefficient (Wildman–Crippen LogP) is 8.00. The molecule has 0 aromatic heterocycles. The minimum Gasteiger partial charge on any atom is -0.507 e. The maximum Gasteiger partial charge on any atom is 0.270 e. The maximum atomic E-state index is 12.0. The second-order valence-corrected chi connectivity index (χ2v) is 14.3. The predicted molar refractivity (Wildman–Crippen MR) is 172 cm³/mol. The van der Waals surface area contributed by atoms with Crippen LogP contribution in [-0.4, -0.2) is 25.3 Å². The normalized spacial score (nSPS) is 13.5. The number of nitrogens with zero attached hydrogens (tertiary/aromatic N) is 1. The van der Waals surface area contributed by atoms with Crippen LogP contribution < -0.4 is 0 Å². The quantitative estimate of drug-likeness (QED) is 0.115. The monoisotopic (exact) mass is 595 g/mol. The van der Waals surface area contributed by atoms with E-state index in [0.29, 0.717) is 44.5 Å². The lowest BCUT2D eigenvalue weighted by Crippen LogP contribution is -2.13. The third kappa shape index (κ3) is 5.96. The number of nitro benzene ring substituents is 1. The van der Waals surface area contributed by atoms with Crippen molar-refractivity contribution in [1.82, 2.24) is 0 Å². The number of benzene rings is 4. The van der Waals surface area contributed by atoms with Crippen LogP contribution in [0.5, 0.6) is 23.0 Å². The molecule has 230 valence electrons. The van der Waals surface area contributed by atoms with Gasteiger partial charge in [0.15, 0.2) is 0 Å². The van der Waals surface area contributed by atoms with E-state index >= 15 is 0 Å². The minimum atomic E-state index is -0.490. The van der Waals surface area contributed by atoms with Crippen molar-refractivity contribution in [2.75, 3.05) is 0 Å². The zero-order valence-corrected chi connectivity index (χ0v) is 26.5. The average Bonchev–Trinajstić information content (AvgIpc) is 2.91. The molecule has 0 fully saturated rings. The van der Waals surface area contributed by atoms with E-state index in [1.807, 2.05) is 43.3 Å². The van der Waals surface area contributed by atoms with Gasteiger partial charge in [-0.25, -0.2) is 0 Å². The van der Waals surface area contributed by atoms with Gasteiger partial charge in [-0.05, 0) is 62.3 Å². The van der Waals surface area contributed by atoms with Gasteiger partial charge in [0.05, 0.1) is 4.92 Å². The standard InChI is InChI=1S/C37H41NO6/c1-20-8-21-10-23-14-29(36(2,3)4)16-25(33(23)40)12-27-18-31(38(43)44)19-28(35(27)42)13-26-17-30(37(5,6)7)15-24(34(26)41)11-22(9-20)32(21)39/h8-9,14-19,39-42H,10-13H2,1-7H3. The van der Waals surface area contributed by atoms with Gasteiger partial charge in [0.2, 0.25) is 0 Å². The Balaban J connectivity index is 1.85. The van der Waals surface area contributed by atoms with Crippen molar-refractivity contribution < 1.29 is 25.3 Å². The lowest BCUT2D eigenvalue weighted by atomic mass is 9.81. The molecule has 1 aliphatic rings. The number of aromatic hydroxyl groups is 4. The van der Waals surface area contributed by atoms with E-state index < -0.39 is 4.92 Å². The summed E-state index contributed by atoms with van der Waals surface area (Å²) >= 11 is 0. The minimum absolute atomic E-state index is 0.0256. The Morgan fingerprint density at radius 2 is 0.773 bits per heavy atom. The van der Waals surface area contributed by atoms with Gasteiger partial charge >= 0.3 is 0 Å². The summed E-state index contributed by atoms with van der Waals surface area (Å²) < 4.78 is 0. The Morgan fingerprint density at radius 3 is 1.02 bits per heavy atom. The van der Waals surface area contributed by atoms with Gasteiger partial charge in [0.25, 0.3) is 5.69 Å². The van der Waals surface area contributed by atoms with Gasteiger partial charge in [0, 0.05) is 48.9 Å². The Kier molecular flexibility index (Phi) is 7.65. The highest BCUT2D eigenvalue weighted by Crippen LogP contribution is 2.41. The number of non-ortho nitro benzene ring substituents is 1. The van der Waals surface area contributed by atoms with Crippen molar-refractivity contribution in [3.05, 3.63) is 120 Å². The zero-order valence-electron chi connectivity index (χ0n) is 26.5. The van der Waals surface area contributed by atoms with Gasteiger partial charge in [-0.15, -0.1) is 0 Å². The number of fused-ring (bicyclic) bond motifs is 8. The van der Waals surface area contributed by atoms with Crippen LogP contribution in [0.4, 0.5) is 5.69 Å². The fourth-order valence-electron chi connectivity index (χ4n) is 6.07. The first-order valence-corrected chi connectivity index (χ1v) is 14.9. The molecule has 0 amide bonds. The number of nitro groups is 1. The van der Waals surface area contributed by atoms with Crippen molar-refractivity contribution >= 4 is 5.69 Å². The van der Waals surface area contributed by atoms with E-state index in [1.165, 1.54) is 12.1 Å². The summed E-state index contributed by atoms with van der Waals surface area (Å²) in [7, 11) is 0. The Hall–Kier alpha value is -4.52. The van der Waals surface area contributed by atoms with E-state index in [-0.39, 0.29) is 65.2 Å². The summed E-state index contributed by atoms with van der Waals surface area (Å²) in [6.45, 7) is 14.4. The summed E-state index contributed by atoms with van der Waals surface area (Å²) in [6, 6.07) is 14.1. The Bertz CT molecular complexity index is 1690. The molecular weight excluding hydrogens is 554 g/mol. The summed E-state index contributed by atoms with van der Waals surface area (Å²) in [5.74, 6) is 0.0613. The molecule has 0 radical (unpaired) electrons. The highest BCUT2D eigenvalue weighted by atomic mass is 16.6. The second kappa shape index (κ2) is 10.9. The summed E-state index contributed by atoms with van der Waals surface area (Å²) in [4.78, 5) is 11.5. The highest BCUT2D eigenvalue weighted by Gasteiger charge is 2.26. The smallest absolute Gasteiger partial charge is 0.270 e. The SMILES string of the molecule is Cc1cc2c(O)c(c1)Cc1cc(C(C)(C)C)cc(c1O)Cc1cc([N+](=O)[O-])cc(c1O)Cc1cc(C(C)(C)C)cc(c1O)C2. The number of hydrogen-bond acceptors (Lipinski definition) is 6. The highest BCUT2D eigenvalue weighted by molar-refractivity contribution is 5.59. The first-order valence-electron chi connectivity index (χ1n) is 14.9. The molecule has 44 heavy (non-hydrogen) atoms. The zero-order chi connectivity index (χ0) is 32.3. The molecule has 0 aliphatic heterocycles. The molecule has 8 bridgehead atoms. The van der Waals surface area contributed by atoms with Gasteiger partial charge in [-0.2, -0.15) is 0 Å². The molecule has 4 aromatic rings. The molecule has 0 unspecified atom stereocenters. The summed E-state index contributed by atoms with van der Waals surface area (Å²) in [5.41, 5.74) is 6.27. The first-order chi connectivity index (χ1) is 20.4. The molecule has 0 saturated heterocycles. The molecule has 4 N–H and O–H groups in total. The van der Waals surface area contributed by atoms with Crippen LogP contribution in [0, 0.1) is 17.0 Å². The third-order valence-corrected chi connectivity index (χ3v) is 8.67. The van der Waals surface area contributed by atoms with Crippen molar-refractivity contribution in [3.8, 4) is 23.0 Å². The molecule has 0 heterocycles. The van der Waals surface area contributed by atoms with E-state index in [2.05, 4.69) is 41.5 Å². The van der Waals surface area contributed by atoms with Gasteiger partial charge in [0.1, 0.15) is 23.0 Å². The van der Waals surface area contributed by atoms with E-state index in [4.69, 9.17) is 0 Å². The van der Waals surface area contributed by atoms with E-state index in [9.17, 15) is 30.5 Å². The van der Waals surface area contributed by atoms with Crippen LogP contribution in [0.2, 0.25) is 0 Å². The van der Waals surface area contributed by atoms with Gasteiger partial charge in [-0.3, -0.25) is 10.1 Å². The number of aryl methyl sites for hydroxylation is 1. The third-order valence-electron chi connectivity index (χ3n) is 8.67. The number of rotatable bonds is 1. The number of phenolic OH excluding ortho intramolecular Hbond substituents is 4. The van der Waals surface area contributed by atoms with Crippen LogP contribution in [0.1, 0.15) is 103 Å². The number of phenols is 4. The first kappa shape index (κ1) is 30.9. The van der Waals surface area contributed by atoms with Crippen LogP contribution >= 0.6 is 0 Å². The molecule has 4 aromatic carbocycles. The van der Waals surface area contributed by atoms with Crippen molar-refractivity contribution in [1.29, 1.82) is 0 Å². The fraction of sp³-hybridized carbons (Fsp3) is 0.351. The topological polar surface area (TPSA) is 124 Å². The molecular formula is C37H41NO6. The number of hydrogen-bond donors (Lipinski definition) is 4. The maximum absolute atomic E-state index is 12.0. The molecule has 1 aliphatic carbocycles. The van der Waals surface area contributed by atoms with Crippen molar-refractivity contribution in [3.63, 3.8) is 0 Å². The van der Waals surface area contributed by atoms with Crippen LogP contribution in [-0.2, 0) is 36.5 Å². The molecule has 5 rings (SSSR count). The Morgan fingerprint density at radius 1 is 0.523 bits per heavy atom. The molecule has 7 nitrogen and oxygen atoms in total. The van der Waals surface area contributed by atoms with Crippen molar-refractivity contribution in [2.24, 2.45) is 0 Å². The van der Waals surface area contributed by atoms with Crippen molar-refractivity contribution in [2.45, 2.75) is 85.0 Å². The van der Waals surface area contributed by atoms with Crippen LogP contribution in [0.25, 0.3) is 0 Å². The average molecular weight is 596 g/mol. The summed E-state index contributed by atoms with van der Waals surface area (Å²) in [5, 5.41) is 58.2. The van der Waals surface area contributed by atoms with E-state index in [1.54, 1.807) is 0 Å². The summed E-state index contributed by atoms with van der Waals surface area (Å²) in [6.07, 6.45) is 0.588. The van der Waals surface area contributed by atoms with E-state index in [0.717, 1.165) is 16.7 Å².